The lowest BCUT2D eigenvalue weighted by molar-refractivity contribution is 0.177. The van der Waals surface area contributed by atoms with Crippen LogP contribution in [-0.4, -0.2) is 168 Å². The first kappa shape index (κ1) is 66.1. The number of anilines is 8. The van der Waals surface area contributed by atoms with Crippen molar-refractivity contribution < 1.29 is 93.1 Å². The van der Waals surface area contributed by atoms with E-state index in [0.717, 1.165) is 30.4 Å². The van der Waals surface area contributed by atoms with E-state index >= 15 is 0 Å². The third-order valence-electron chi connectivity index (χ3n) is 11.2. The first-order valence-electron chi connectivity index (χ1n) is 24.1. The van der Waals surface area contributed by atoms with Crippen LogP contribution in [0.2, 0.25) is 0 Å². The zero-order valence-corrected chi connectivity index (χ0v) is 49.3. The van der Waals surface area contributed by atoms with E-state index in [-0.39, 0.29) is 78.6 Å². The largest absolute Gasteiger partial charge is 0.392 e. The standard InChI is InChI=1S/C46H55N11O21S6/c1-25(2)21-56(22-26(3)58)45-51-41(50-43(54-45)48-35-19-33(79(61,62)63)12-14-37(35)81(67,68)69)17-29-6-7-30(39(16-29)83(73,74)75)8-9-31-10-11-32(18-40(31)84(76,77)78)47-42-52-44(55-46(53-42)57(23-27(4)59)24-28(5)60)49-36-20-34(80(64,65)66)13-15-38(36)82(70,71)72/h6-16,18-20,25-28,58-60H,17,21-24H2,1-5H3,(H,61,62,63)(H,64,65,66)(H,67,68,69)(H,70,71,72)(H,73,74,75)(H,76,77,78)(H,48,50,51,54)(H2,47,49,52,53,55)/b9-8+. The fourth-order valence-corrected chi connectivity index (χ4v) is 11.6. The lowest BCUT2D eigenvalue weighted by Crippen LogP contribution is -2.37. The van der Waals surface area contributed by atoms with Crippen molar-refractivity contribution in [2.75, 3.05) is 51.9 Å². The number of aliphatic hydroxyl groups excluding tert-OH is 3. The molecular weight excluding hydrogens is 1230 g/mol. The second kappa shape index (κ2) is 25.7. The van der Waals surface area contributed by atoms with Gasteiger partial charge in [-0.2, -0.15) is 80.4 Å². The molecule has 3 unspecified atom stereocenters. The Morgan fingerprint density at radius 3 is 1.24 bits per heavy atom. The lowest BCUT2D eigenvalue weighted by Gasteiger charge is -2.26. The molecule has 38 heteroatoms. The van der Waals surface area contributed by atoms with Crippen LogP contribution in [0.4, 0.5) is 46.8 Å². The zero-order chi connectivity index (χ0) is 62.7. The smallest absolute Gasteiger partial charge is 0.296 e. The average molecular weight is 1290 g/mol. The number of aliphatic hydroxyl groups is 3. The van der Waals surface area contributed by atoms with Crippen molar-refractivity contribution in [2.24, 2.45) is 5.92 Å². The highest BCUT2D eigenvalue weighted by atomic mass is 32.2. The van der Waals surface area contributed by atoms with E-state index in [9.17, 15) is 93.1 Å². The van der Waals surface area contributed by atoms with Crippen LogP contribution >= 0.6 is 0 Å². The van der Waals surface area contributed by atoms with Crippen LogP contribution in [0.1, 0.15) is 57.1 Å². The average Bonchev–Trinajstić information content (AvgIpc) is 1.56. The first-order chi connectivity index (χ1) is 38.6. The van der Waals surface area contributed by atoms with Crippen LogP contribution in [0.3, 0.4) is 0 Å². The Labute approximate surface area is 482 Å². The quantitative estimate of drug-likeness (QED) is 0.0274. The van der Waals surface area contributed by atoms with Crippen LogP contribution in [-0.2, 0) is 67.1 Å². The molecule has 2 heterocycles. The van der Waals surface area contributed by atoms with Crippen LogP contribution in [0.25, 0.3) is 12.2 Å². The maximum Gasteiger partial charge on any atom is 0.296 e. The van der Waals surface area contributed by atoms with Crippen molar-refractivity contribution in [1.29, 1.82) is 0 Å². The van der Waals surface area contributed by atoms with E-state index in [0.29, 0.717) is 36.4 Å². The van der Waals surface area contributed by atoms with E-state index in [2.05, 4.69) is 45.9 Å². The number of aromatic nitrogens is 6. The van der Waals surface area contributed by atoms with Crippen LogP contribution in [0, 0.1) is 5.92 Å². The molecule has 6 rings (SSSR count). The minimum atomic E-state index is -5.19. The van der Waals surface area contributed by atoms with Crippen molar-refractivity contribution in [3.63, 3.8) is 0 Å². The maximum absolute atomic E-state index is 13.0. The number of hydrogen-bond donors (Lipinski definition) is 12. The van der Waals surface area contributed by atoms with Gasteiger partial charge < -0.3 is 41.1 Å². The van der Waals surface area contributed by atoms with Crippen molar-refractivity contribution in [3.8, 4) is 0 Å². The summed E-state index contributed by atoms with van der Waals surface area (Å²) in [4.78, 5) is 23.5. The summed E-state index contributed by atoms with van der Waals surface area (Å²) in [5, 5.41) is 38.6. The molecule has 0 fully saturated rings. The predicted molar refractivity (Wildman–Crippen MR) is 300 cm³/mol. The summed E-state index contributed by atoms with van der Waals surface area (Å²) in [6.07, 6.45) is -1.43. The molecular formula is C46H55N11O21S6. The van der Waals surface area contributed by atoms with Gasteiger partial charge in [0.25, 0.3) is 60.7 Å². The fourth-order valence-electron chi connectivity index (χ4n) is 7.91. The Kier molecular flexibility index (Phi) is 20.2. The third kappa shape index (κ3) is 18.2. The summed E-state index contributed by atoms with van der Waals surface area (Å²) < 4.78 is 210. The highest BCUT2D eigenvalue weighted by Crippen LogP contribution is 2.32. The van der Waals surface area contributed by atoms with Gasteiger partial charge in [0, 0.05) is 38.3 Å². The molecule has 2 aromatic heterocycles. The van der Waals surface area contributed by atoms with Gasteiger partial charge in [-0.1, -0.05) is 44.2 Å². The molecule has 12 N–H and O–H groups in total. The summed E-state index contributed by atoms with van der Waals surface area (Å²) in [5.74, 6) is -2.29. The van der Waals surface area contributed by atoms with Gasteiger partial charge in [-0.3, -0.25) is 27.3 Å². The van der Waals surface area contributed by atoms with Crippen LogP contribution < -0.4 is 25.8 Å². The highest BCUT2D eigenvalue weighted by molar-refractivity contribution is 7.87. The number of rotatable bonds is 26. The maximum atomic E-state index is 13.0. The minimum Gasteiger partial charge on any atom is -0.392 e. The molecule has 0 saturated carbocycles. The Balaban J connectivity index is 1.41. The Morgan fingerprint density at radius 1 is 0.429 bits per heavy atom. The predicted octanol–water partition coefficient (Wildman–Crippen LogP) is 2.94. The zero-order valence-electron chi connectivity index (χ0n) is 44.4. The van der Waals surface area contributed by atoms with Gasteiger partial charge in [0.15, 0.2) is 0 Å². The molecule has 0 bridgehead atoms. The molecule has 0 amide bonds. The lowest BCUT2D eigenvalue weighted by atomic mass is 10.1. The van der Waals surface area contributed by atoms with Crippen LogP contribution in [0.15, 0.2) is 102 Å². The molecule has 0 spiro atoms. The molecule has 0 saturated heterocycles. The normalized spacial score (nSPS) is 13.8. The SMILES string of the molecule is CC(C)CN(CC(C)O)c1nc(Cc2ccc(/C=C/c3ccc(Nc4nc(Nc5cc(S(=O)(=O)O)ccc5S(=O)(=O)O)nc(N(CC(C)O)CC(C)O)n4)cc3S(=O)(=O)O)c(S(=O)(=O)O)c2)nc(Nc2cc(S(=O)(=O)O)ccc2S(=O)(=O)O)n1. The molecule has 456 valence electrons. The van der Waals surface area contributed by atoms with Gasteiger partial charge in [0.2, 0.25) is 29.7 Å². The monoisotopic (exact) mass is 1290 g/mol. The topological polar surface area (TPSA) is 507 Å². The third-order valence-corrected chi connectivity index (χ3v) is 16.5. The van der Waals surface area contributed by atoms with Gasteiger partial charge in [0.1, 0.15) is 25.4 Å². The minimum absolute atomic E-state index is 0.0666. The molecule has 0 aliphatic carbocycles. The Bertz CT molecular complexity index is 3930. The highest BCUT2D eigenvalue weighted by Gasteiger charge is 2.27. The summed E-state index contributed by atoms with van der Waals surface area (Å²) in [6, 6.07) is 10.8. The number of nitrogens with one attached hydrogen (secondary N) is 3. The van der Waals surface area contributed by atoms with E-state index in [4.69, 9.17) is 0 Å². The van der Waals surface area contributed by atoms with Crippen molar-refractivity contribution >= 4 is 120 Å². The van der Waals surface area contributed by atoms with E-state index in [1.807, 2.05) is 13.8 Å². The Morgan fingerprint density at radius 2 is 0.821 bits per heavy atom. The molecule has 32 nitrogen and oxygen atoms in total. The van der Waals surface area contributed by atoms with Crippen molar-refractivity contribution in [1.82, 2.24) is 29.9 Å². The van der Waals surface area contributed by atoms with E-state index in [1.165, 1.54) is 48.8 Å². The van der Waals surface area contributed by atoms with E-state index in [1.54, 1.807) is 0 Å². The van der Waals surface area contributed by atoms with Crippen molar-refractivity contribution in [2.45, 2.75) is 88.7 Å². The Hall–Kier alpha value is -7.02. The fraction of sp³-hybridized carbons (Fsp3) is 0.304. The molecule has 0 aliphatic rings. The van der Waals surface area contributed by atoms with Gasteiger partial charge in [-0.15, -0.1) is 0 Å². The summed E-state index contributed by atoms with van der Waals surface area (Å²) in [5.41, 5.74) is -1.96. The van der Waals surface area contributed by atoms with Gasteiger partial charge in [0.05, 0.1) is 39.5 Å². The number of hydrogen-bond acceptors (Lipinski definition) is 26. The second-order valence-corrected chi connectivity index (χ2v) is 27.5. The number of nitrogens with zero attached hydrogens (tertiary/aromatic N) is 8. The van der Waals surface area contributed by atoms with Gasteiger partial charge in [-0.25, -0.2) is 0 Å². The summed E-state index contributed by atoms with van der Waals surface area (Å²) >= 11 is 0. The first-order valence-corrected chi connectivity index (χ1v) is 32.7. The summed E-state index contributed by atoms with van der Waals surface area (Å²) in [7, 11) is -30.4. The van der Waals surface area contributed by atoms with Crippen molar-refractivity contribution in [3.05, 3.63) is 95.3 Å². The molecule has 4 aromatic carbocycles. The van der Waals surface area contributed by atoms with Crippen LogP contribution in [0.5, 0.6) is 0 Å². The molecule has 3 atom stereocenters. The second-order valence-electron chi connectivity index (χ2n) is 19.1. The van der Waals surface area contributed by atoms with E-state index < -0.39 is 138 Å². The molecule has 0 aliphatic heterocycles. The molecule has 6 aromatic rings. The number of benzene rings is 4. The summed E-state index contributed by atoms with van der Waals surface area (Å²) in [6.45, 7) is 7.56. The molecule has 84 heavy (non-hydrogen) atoms. The molecule has 0 radical (unpaired) electrons. The van der Waals surface area contributed by atoms with Gasteiger partial charge >= 0.3 is 0 Å². The van der Waals surface area contributed by atoms with Gasteiger partial charge in [-0.05, 0) is 98.0 Å².